The van der Waals surface area contributed by atoms with Crippen LogP contribution in [-0.2, 0) is 0 Å². The molecule has 0 aliphatic carbocycles. The third-order valence-electron chi connectivity index (χ3n) is 2.69. The molecule has 0 spiro atoms. The zero-order valence-electron chi connectivity index (χ0n) is 10.1. The summed E-state index contributed by atoms with van der Waals surface area (Å²) in [5, 5.41) is 2.73. The highest BCUT2D eigenvalue weighted by atomic mass is 19.1. The quantitative estimate of drug-likeness (QED) is 0.813. The normalized spacial score (nSPS) is 12.3. The van der Waals surface area contributed by atoms with E-state index >= 15 is 0 Å². The molecule has 100 valence electrons. The van der Waals surface area contributed by atoms with Crippen LogP contribution in [-0.4, -0.2) is 0 Å². The van der Waals surface area contributed by atoms with E-state index in [4.69, 9.17) is 0 Å². The van der Waals surface area contributed by atoms with Crippen molar-refractivity contribution in [3.8, 4) is 0 Å². The van der Waals surface area contributed by atoms with Gasteiger partial charge in [-0.05, 0) is 36.8 Å². The van der Waals surface area contributed by atoms with Crippen molar-refractivity contribution < 1.29 is 17.6 Å². The van der Waals surface area contributed by atoms with Crippen molar-refractivity contribution in [2.75, 3.05) is 5.32 Å². The molecule has 0 saturated carbocycles. The van der Waals surface area contributed by atoms with E-state index < -0.39 is 29.3 Å². The SMILES string of the molecule is CC(Nc1ccc(F)cc1F)c1cc(F)cc(F)c1. The molecule has 5 heteroatoms. The van der Waals surface area contributed by atoms with Crippen LogP contribution in [0, 0.1) is 23.3 Å². The minimum atomic E-state index is -0.760. The molecule has 0 aromatic heterocycles. The number of rotatable bonds is 3. The summed E-state index contributed by atoms with van der Waals surface area (Å²) in [7, 11) is 0. The Hall–Kier alpha value is -2.04. The lowest BCUT2D eigenvalue weighted by Gasteiger charge is -2.16. The van der Waals surface area contributed by atoms with Crippen LogP contribution in [0.15, 0.2) is 36.4 Å². The smallest absolute Gasteiger partial charge is 0.149 e. The summed E-state index contributed by atoms with van der Waals surface area (Å²) >= 11 is 0. The average molecular weight is 269 g/mol. The van der Waals surface area contributed by atoms with Gasteiger partial charge in [-0.1, -0.05) is 0 Å². The first-order valence-electron chi connectivity index (χ1n) is 5.63. The molecule has 19 heavy (non-hydrogen) atoms. The highest BCUT2D eigenvalue weighted by molar-refractivity contribution is 5.46. The van der Waals surface area contributed by atoms with Gasteiger partial charge in [-0.2, -0.15) is 0 Å². The number of halogens is 4. The predicted molar refractivity (Wildman–Crippen MR) is 64.8 cm³/mol. The highest BCUT2D eigenvalue weighted by Gasteiger charge is 2.11. The van der Waals surface area contributed by atoms with Crippen LogP contribution >= 0.6 is 0 Å². The topological polar surface area (TPSA) is 12.0 Å². The fourth-order valence-electron chi connectivity index (χ4n) is 1.75. The molecule has 0 radical (unpaired) electrons. The van der Waals surface area contributed by atoms with Gasteiger partial charge in [0.05, 0.1) is 5.69 Å². The van der Waals surface area contributed by atoms with Crippen molar-refractivity contribution in [2.24, 2.45) is 0 Å². The third kappa shape index (κ3) is 3.24. The number of nitrogens with one attached hydrogen (secondary N) is 1. The molecule has 0 saturated heterocycles. The summed E-state index contributed by atoms with van der Waals surface area (Å²) in [6.45, 7) is 1.62. The van der Waals surface area contributed by atoms with Gasteiger partial charge in [-0.3, -0.25) is 0 Å². The zero-order chi connectivity index (χ0) is 14.0. The third-order valence-corrected chi connectivity index (χ3v) is 2.69. The van der Waals surface area contributed by atoms with E-state index in [1.165, 1.54) is 6.07 Å². The van der Waals surface area contributed by atoms with Crippen LogP contribution in [0.25, 0.3) is 0 Å². The van der Waals surface area contributed by atoms with Crippen molar-refractivity contribution in [1.29, 1.82) is 0 Å². The minimum Gasteiger partial charge on any atom is -0.376 e. The van der Waals surface area contributed by atoms with Crippen molar-refractivity contribution in [3.05, 3.63) is 65.2 Å². The molecule has 0 aliphatic heterocycles. The molecule has 1 nitrogen and oxygen atoms in total. The Morgan fingerprint density at radius 3 is 2.05 bits per heavy atom. The second-order valence-electron chi connectivity index (χ2n) is 4.19. The summed E-state index contributed by atoms with van der Waals surface area (Å²) < 4.78 is 52.3. The molecule has 2 rings (SSSR count). The Morgan fingerprint density at radius 1 is 0.842 bits per heavy atom. The first-order chi connectivity index (χ1) is 8.95. The number of anilines is 1. The van der Waals surface area contributed by atoms with Crippen molar-refractivity contribution in [1.82, 2.24) is 0 Å². The molecule has 0 fully saturated rings. The predicted octanol–water partition coefficient (Wildman–Crippen LogP) is 4.42. The van der Waals surface area contributed by atoms with E-state index in [1.807, 2.05) is 0 Å². The summed E-state index contributed by atoms with van der Waals surface area (Å²) in [6.07, 6.45) is 0. The lowest BCUT2D eigenvalue weighted by Crippen LogP contribution is -2.08. The van der Waals surface area contributed by atoms with E-state index in [1.54, 1.807) is 6.92 Å². The monoisotopic (exact) mass is 269 g/mol. The molecule has 1 atom stereocenters. The lowest BCUT2D eigenvalue weighted by molar-refractivity contribution is 0.576. The second-order valence-corrected chi connectivity index (χ2v) is 4.19. The first kappa shape index (κ1) is 13.4. The van der Waals surface area contributed by atoms with Crippen molar-refractivity contribution in [2.45, 2.75) is 13.0 Å². The molecular formula is C14H11F4N. The summed E-state index contributed by atoms with van der Waals surface area (Å²) in [5.41, 5.74) is 0.403. The Labute approximate surface area is 107 Å². The number of benzene rings is 2. The van der Waals surface area contributed by atoms with E-state index in [2.05, 4.69) is 5.32 Å². The molecular weight excluding hydrogens is 258 g/mol. The van der Waals surface area contributed by atoms with Crippen LogP contribution in [0.4, 0.5) is 23.2 Å². The van der Waals surface area contributed by atoms with Gasteiger partial charge in [0.2, 0.25) is 0 Å². The fourth-order valence-corrected chi connectivity index (χ4v) is 1.75. The Morgan fingerprint density at radius 2 is 1.47 bits per heavy atom. The van der Waals surface area contributed by atoms with Crippen LogP contribution in [0.2, 0.25) is 0 Å². The standard InChI is InChI=1S/C14H11F4N/c1-8(9-4-11(16)6-12(17)5-9)19-14-3-2-10(15)7-13(14)18/h2-8,19H,1H3. The number of hydrogen-bond acceptors (Lipinski definition) is 1. The highest BCUT2D eigenvalue weighted by Crippen LogP contribution is 2.23. The molecule has 2 aromatic carbocycles. The minimum absolute atomic E-state index is 0.0681. The molecule has 1 unspecified atom stereocenters. The van der Waals surface area contributed by atoms with Crippen LogP contribution in [0.1, 0.15) is 18.5 Å². The molecule has 2 aromatic rings. The van der Waals surface area contributed by atoms with Gasteiger partial charge in [0.25, 0.3) is 0 Å². The maximum absolute atomic E-state index is 13.4. The van der Waals surface area contributed by atoms with Crippen LogP contribution < -0.4 is 5.32 Å². The van der Waals surface area contributed by atoms with Crippen molar-refractivity contribution in [3.63, 3.8) is 0 Å². The fraction of sp³-hybridized carbons (Fsp3) is 0.143. The van der Waals surface area contributed by atoms with Gasteiger partial charge >= 0.3 is 0 Å². The van der Waals surface area contributed by atoms with Gasteiger partial charge in [0, 0.05) is 18.2 Å². The maximum atomic E-state index is 13.4. The van der Waals surface area contributed by atoms with E-state index in [0.717, 1.165) is 30.3 Å². The largest absolute Gasteiger partial charge is 0.376 e. The number of hydrogen-bond donors (Lipinski definition) is 1. The molecule has 0 heterocycles. The zero-order valence-corrected chi connectivity index (χ0v) is 10.1. The Kier molecular flexibility index (Phi) is 3.74. The maximum Gasteiger partial charge on any atom is 0.149 e. The molecule has 0 aliphatic rings. The summed E-state index contributed by atoms with van der Waals surface area (Å²) in [6, 6.07) is 5.62. The molecule has 0 amide bonds. The van der Waals surface area contributed by atoms with Gasteiger partial charge in [-0.25, -0.2) is 17.6 Å². The second kappa shape index (κ2) is 5.30. The van der Waals surface area contributed by atoms with Crippen LogP contribution in [0.5, 0.6) is 0 Å². The molecule has 1 N–H and O–H groups in total. The average Bonchev–Trinajstić information content (AvgIpc) is 2.31. The van der Waals surface area contributed by atoms with Gasteiger partial charge in [-0.15, -0.1) is 0 Å². The van der Waals surface area contributed by atoms with Gasteiger partial charge in [0.1, 0.15) is 23.3 Å². The summed E-state index contributed by atoms with van der Waals surface area (Å²) in [5.74, 6) is -2.86. The lowest BCUT2D eigenvalue weighted by atomic mass is 10.1. The van der Waals surface area contributed by atoms with Gasteiger partial charge in [0.15, 0.2) is 0 Å². The van der Waals surface area contributed by atoms with Gasteiger partial charge < -0.3 is 5.32 Å². The van der Waals surface area contributed by atoms with Crippen LogP contribution in [0.3, 0.4) is 0 Å². The first-order valence-corrected chi connectivity index (χ1v) is 5.63. The molecule has 0 bridgehead atoms. The van der Waals surface area contributed by atoms with E-state index in [0.29, 0.717) is 5.56 Å². The Balaban J connectivity index is 2.22. The van der Waals surface area contributed by atoms with E-state index in [9.17, 15) is 17.6 Å². The van der Waals surface area contributed by atoms with E-state index in [-0.39, 0.29) is 5.69 Å². The summed E-state index contributed by atoms with van der Waals surface area (Å²) in [4.78, 5) is 0. The van der Waals surface area contributed by atoms with Crippen molar-refractivity contribution >= 4 is 5.69 Å². The Bertz CT molecular complexity index is 578.